The molecule has 0 aliphatic carbocycles. The summed E-state index contributed by atoms with van der Waals surface area (Å²) in [6.07, 6.45) is 3.54. The second-order valence-corrected chi connectivity index (χ2v) is 2.65. The first-order valence-electron chi connectivity index (χ1n) is 3.83. The zero-order chi connectivity index (χ0) is 8.39. The molecule has 0 aliphatic rings. The standard InChI is InChI=1S/C10H9NO/c1-8-4-5-10(12-8)9-3-2-6-11-7-9/h2-7H,1H3. The predicted octanol–water partition coefficient (Wildman–Crippen LogP) is 2.65. The molecule has 0 spiro atoms. The summed E-state index contributed by atoms with van der Waals surface area (Å²) in [7, 11) is 0. The maximum atomic E-state index is 5.43. The lowest BCUT2D eigenvalue weighted by Gasteiger charge is -1.93. The van der Waals surface area contributed by atoms with Crippen molar-refractivity contribution < 1.29 is 4.42 Å². The predicted molar refractivity (Wildman–Crippen MR) is 46.7 cm³/mol. The molecular formula is C10H9NO. The second kappa shape index (κ2) is 2.81. The molecule has 0 radical (unpaired) electrons. The van der Waals surface area contributed by atoms with Crippen LogP contribution in [0, 0.1) is 6.92 Å². The van der Waals surface area contributed by atoms with E-state index in [4.69, 9.17) is 4.42 Å². The molecule has 60 valence electrons. The van der Waals surface area contributed by atoms with Crippen molar-refractivity contribution in [2.24, 2.45) is 0 Å². The zero-order valence-electron chi connectivity index (χ0n) is 6.82. The number of hydrogen-bond donors (Lipinski definition) is 0. The number of rotatable bonds is 1. The Kier molecular flexibility index (Phi) is 1.67. The van der Waals surface area contributed by atoms with E-state index in [0.29, 0.717) is 0 Å². The summed E-state index contributed by atoms with van der Waals surface area (Å²) >= 11 is 0. The first kappa shape index (κ1) is 7.10. The van der Waals surface area contributed by atoms with E-state index < -0.39 is 0 Å². The van der Waals surface area contributed by atoms with Crippen molar-refractivity contribution >= 4 is 0 Å². The van der Waals surface area contributed by atoms with Crippen molar-refractivity contribution in [1.82, 2.24) is 4.98 Å². The van der Waals surface area contributed by atoms with Crippen molar-refractivity contribution in [2.75, 3.05) is 0 Å². The maximum Gasteiger partial charge on any atom is 0.135 e. The Morgan fingerprint density at radius 1 is 1.25 bits per heavy atom. The smallest absolute Gasteiger partial charge is 0.135 e. The summed E-state index contributed by atoms with van der Waals surface area (Å²) in [5.74, 6) is 1.80. The molecule has 2 nitrogen and oxygen atoms in total. The van der Waals surface area contributed by atoms with Crippen molar-refractivity contribution in [3.63, 3.8) is 0 Å². The summed E-state index contributed by atoms with van der Waals surface area (Å²) < 4.78 is 5.43. The fourth-order valence-corrected chi connectivity index (χ4v) is 1.10. The molecule has 2 aromatic rings. The molecule has 0 atom stereocenters. The molecule has 0 N–H and O–H groups in total. The van der Waals surface area contributed by atoms with Crippen LogP contribution < -0.4 is 0 Å². The van der Waals surface area contributed by atoms with Gasteiger partial charge in [-0.05, 0) is 31.2 Å². The molecule has 0 fully saturated rings. The minimum Gasteiger partial charge on any atom is -0.461 e. The van der Waals surface area contributed by atoms with Gasteiger partial charge >= 0.3 is 0 Å². The summed E-state index contributed by atoms with van der Waals surface area (Å²) in [6, 6.07) is 7.77. The Hall–Kier alpha value is -1.57. The van der Waals surface area contributed by atoms with E-state index in [1.165, 1.54) is 0 Å². The topological polar surface area (TPSA) is 26.0 Å². The van der Waals surface area contributed by atoms with Gasteiger partial charge in [0.1, 0.15) is 11.5 Å². The third-order valence-corrected chi connectivity index (χ3v) is 1.69. The van der Waals surface area contributed by atoms with Gasteiger partial charge in [-0.3, -0.25) is 4.98 Å². The first-order valence-corrected chi connectivity index (χ1v) is 3.83. The van der Waals surface area contributed by atoms with Gasteiger partial charge < -0.3 is 4.42 Å². The van der Waals surface area contributed by atoms with Crippen LogP contribution in [0.5, 0.6) is 0 Å². The quantitative estimate of drug-likeness (QED) is 0.639. The minimum absolute atomic E-state index is 0.876. The Morgan fingerprint density at radius 2 is 2.17 bits per heavy atom. The van der Waals surface area contributed by atoms with E-state index in [1.54, 1.807) is 12.4 Å². The lowest BCUT2D eigenvalue weighted by Crippen LogP contribution is -1.73. The van der Waals surface area contributed by atoms with E-state index in [-0.39, 0.29) is 0 Å². The third kappa shape index (κ3) is 1.23. The van der Waals surface area contributed by atoms with E-state index in [9.17, 15) is 0 Å². The van der Waals surface area contributed by atoms with Crippen LogP contribution in [-0.4, -0.2) is 4.98 Å². The van der Waals surface area contributed by atoms with Crippen LogP contribution in [0.3, 0.4) is 0 Å². The van der Waals surface area contributed by atoms with Crippen molar-refractivity contribution in [3.05, 3.63) is 42.4 Å². The van der Waals surface area contributed by atoms with Gasteiger partial charge in [0, 0.05) is 18.0 Å². The number of hydrogen-bond acceptors (Lipinski definition) is 2. The number of aryl methyl sites for hydroxylation is 1. The normalized spacial score (nSPS) is 10.1. The molecule has 0 amide bonds. The molecule has 0 unspecified atom stereocenters. The lowest BCUT2D eigenvalue weighted by molar-refractivity contribution is 0.548. The van der Waals surface area contributed by atoms with Crippen LogP contribution in [0.4, 0.5) is 0 Å². The van der Waals surface area contributed by atoms with E-state index in [2.05, 4.69) is 4.98 Å². The molecule has 0 aromatic carbocycles. The number of nitrogens with zero attached hydrogens (tertiary/aromatic N) is 1. The lowest BCUT2D eigenvalue weighted by atomic mass is 10.2. The highest BCUT2D eigenvalue weighted by atomic mass is 16.3. The molecule has 0 saturated carbocycles. The number of furan rings is 1. The SMILES string of the molecule is Cc1ccc(-c2cccnc2)o1. The Labute approximate surface area is 70.9 Å². The molecule has 2 rings (SSSR count). The van der Waals surface area contributed by atoms with Crippen molar-refractivity contribution in [1.29, 1.82) is 0 Å². The molecule has 12 heavy (non-hydrogen) atoms. The highest BCUT2D eigenvalue weighted by molar-refractivity contribution is 5.55. The highest BCUT2D eigenvalue weighted by Crippen LogP contribution is 2.19. The van der Waals surface area contributed by atoms with Gasteiger partial charge in [0.15, 0.2) is 0 Å². The summed E-state index contributed by atoms with van der Waals surface area (Å²) in [5.41, 5.74) is 1.02. The van der Waals surface area contributed by atoms with E-state index in [0.717, 1.165) is 17.1 Å². The van der Waals surface area contributed by atoms with Gasteiger partial charge in [0.2, 0.25) is 0 Å². The fraction of sp³-hybridized carbons (Fsp3) is 0.100. The van der Waals surface area contributed by atoms with Crippen LogP contribution in [0.25, 0.3) is 11.3 Å². The van der Waals surface area contributed by atoms with Crippen LogP contribution in [0.15, 0.2) is 41.1 Å². The molecule has 2 aromatic heterocycles. The summed E-state index contributed by atoms with van der Waals surface area (Å²) in [5, 5.41) is 0. The maximum absolute atomic E-state index is 5.43. The van der Waals surface area contributed by atoms with E-state index in [1.807, 2.05) is 31.2 Å². The molecule has 0 saturated heterocycles. The van der Waals surface area contributed by atoms with Gasteiger partial charge in [-0.15, -0.1) is 0 Å². The Balaban J connectivity index is 2.45. The van der Waals surface area contributed by atoms with Crippen molar-refractivity contribution in [2.45, 2.75) is 6.92 Å². The number of aromatic nitrogens is 1. The fourth-order valence-electron chi connectivity index (χ4n) is 1.10. The largest absolute Gasteiger partial charge is 0.461 e. The molecule has 0 aliphatic heterocycles. The van der Waals surface area contributed by atoms with Crippen LogP contribution >= 0.6 is 0 Å². The molecular weight excluding hydrogens is 150 g/mol. The average Bonchev–Trinajstić information content (AvgIpc) is 2.54. The van der Waals surface area contributed by atoms with Gasteiger partial charge in [0.25, 0.3) is 0 Å². The molecule has 0 bridgehead atoms. The summed E-state index contributed by atoms with van der Waals surface area (Å²) in [6.45, 7) is 1.93. The zero-order valence-corrected chi connectivity index (χ0v) is 6.82. The summed E-state index contributed by atoms with van der Waals surface area (Å²) in [4.78, 5) is 4.01. The minimum atomic E-state index is 0.876. The van der Waals surface area contributed by atoms with Crippen molar-refractivity contribution in [3.8, 4) is 11.3 Å². The van der Waals surface area contributed by atoms with Crippen LogP contribution in [-0.2, 0) is 0 Å². The average molecular weight is 159 g/mol. The molecule has 2 heteroatoms. The number of pyridine rings is 1. The Morgan fingerprint density at radius 3 is 2.75 bits per heavy atom. The molecule has 2 heterocycles. The third-order valence-electron chi connectivity index (χ3n) is 1.69. The van der Waals surface area contributed by atoms with Crippen LogP contribution in [0.2, 0.25) is 0 Å². The highest BCUT2D eigenvalue weighted by Gasteiger charge is 2.00. The van der Waals surface area contributed by atoms with Crippen LogP contribution in [0.1, 0.15) is 5.76 Å². The second-order valence-electron chi connectivity index (χ2n) is 2.65. The van der Waals surface area contributed by atoms with Gasteiger partial charge in [0.05, 0.1) is 0 Å². The van der Waals surface area contributed by atoms with Gasteiger partial charge in [-0.1, -0.05) is 0 Å². The monoisotopic (exact) mass is 159 g/mol. The Bertz CT molecular complexity index is 364. The first-order chi connectivity index (χ1) is 5.86. The van der Waals surface area contributed by atoms with Gasteiger partial charge in [-0.25, -0.2) is 0 Å². The van der Waals surface area contributed by atoms with E-state index >= 15 is 0 Å². The van der Waals surface area contributed by atoms with Gasteiger partial charge in [-0.2, -0.15) is 0 Å².